The van der Waals surface area contributed by atoms with E-state index in [-0.39, 0.29) is 29.5 Å². The van der Waals surface area contributed by atoms with Crippen LogP contribution in [0.2, 0.25) is 0 Å². The van der Waals surface area contributed by atoms with E-state index in [0.717, 1.165) is 12.8 Å². The molecule has 2 heterocycles. The van der Waals surface area contributed by atoms with E-state index in [4.69, 9.17) is 9.15 Å². The summed E-state index contributed by atoms with van der Waals surface area (Å²) in [7, 11) is 0. The number of esters is 1. The fraction of sp³-hybridized carbons (Fsp3) is 0.350. The number of ether oxygens (including phenoxy) is 1. The monoisotopic (exact) mass is 370 g/mol. The Hall–Kier alpha value is -3.09. The van der Waals surface area contributed by atoms with Crippen LogP contribution in [0.25, 0.3) is 0 Å². The zero-order valence-corrected chi connectivity index (χ0v) is 15.1. The normalized spacial score (nSPS) is 16.6. The van der Waals surface area contributed by atoms with Crippen molar-refractivity contribution in [3.63, 3.8) is 0 Å². The minimum Gasteiger partial charge on any atom is -0.466 e. The lowest BCUT2D eigenvalue weighted by Gasteiger charge is -2.31. The van der Waals surface area contributed by atoms with Gasteiger partial charge in [0.1, 0.15) is 0 Å². The number of hydrogen-bond donors (Lipinski definition) is 1. The minimum absolute atomic E-state index is 0.132. The molecule has 0 radical (unpaired) electrons. The van der Waals surface area contributed by atoms with Crippen LogP contribution in [0.15, 0.2) is 47.1 Å². The number of nitrogens with zero attached hydrogens (tertiary/aromatic N) is 1. The van der Waals surface area contributed by atoms with Gasteiger partial charge in [-0.15, -0.1) is 0 Å². The Labute approximate surface area is 157 Å². The van der Waals surface area contributed by atoms with Crippen LogP contribution in [0.4, 0.5) is 5.69 Å². The molecule has 2 amide bonds. The predicted octanol–water partition coefficient (Wildman–Crippen LogP) is 2.95. The first-order valence-electron chi connectivity index (χ1n) is 8.99. The summed E-state index contributed by atoms with van der Waals surface area (Å²) < 4.78 is 10.1. The number of carbonyl (C=O) groups is 3. The molecule has 27 heavy (non-hydrogen) atoms. The van der Waals surface area contributed by atoms with Crippen molar-refractivity contribution in [2.45, 2.75) is 19.8 Å². The van der Waals surface area contributed by atoms with E-state index in [9.17, 15) is 14.4 Å². The molecular weight excluding hydrogens is 348 g/mol. The fourth-order valence-corrected chi connectivity index (χ4v) is 3.09. The summed E-state index contributed by atoms with van der Waals surface area (Å²) in [6.07, 6.45) is 2.94. The Balaban J connectivity index is 1.61. The second-order valence-corrected chi connectivity index (χ2v) is 6.35. The Kier molecular flexibility index (Phi) is 5.90. The van der Waals surface area contributed by atoms with Gasteiger partial charge in [0.05, 0.1) is 18.8 Å². The third kappa shape index (κ3) is 4.55. The summed E-state index contributed by atoms with van der Waals surface area (Å²) in [5.41, 5.74) is 1.08. The maximum absolute atomic E-state index is 12.7. The molecule has 1 aromatic carbocycles. The van der Waals surface area contributed by atoms with Gasteiger partial charge in [-0.25, -0.2) is 0 Å². The Morgan fingerprint density at radius 1 is 1.22 bits per heavy atom. The van der Waals surface area contributed by atoms with E-state index in [0.29, 0.717) is 30.9 Å². The van der Waals surface area contributed by atoms with Crippen molar-refractivity contribution in [2.75, 3.05) is 25.0 Å². The second-order valence-electron chi connectivity index (χ2n) is 6.35. The highest BCUT2D eigenvalue weighted by atomic mass is 16.5. The maximum atomic E-state index is 12.7. The smallest absolute Gasteiger partial charge is 0.310 e. The Morgan fingerprint density at radius 2 is 2.00 bits per heavy atom. The molecule has 1 aromatic heterocycles. The van der Waals surface area contributed by atoms with Crippen LogP contribution in [0, 0.1) is 5.92 Å². The summed E-state index contributed by atoms with van der Waals surface area (Å²) in [4.78, 5) is 38.3. The number of carbonyl (C=O) groups excluding carboxylic acids is 3. The number of nitrogens with one attached hydrogen (secondary N) is 1. The molecule has 3 rings (SSSR count). The van der Waals surface area contributed by atoms with Crippen LogP contribution >= 0.6 is 0 Å². The zero-order chi connectivity index (χ0) is 19.2. The van der Waals surface area contributed by atoms with Gasteiger partial charge in [-0.3, -0.25) is 14.4 Å². The number of anilines is 1. The van der Waals surface area contributed by atoms with Crippen LogP contribution in [-0.2, 0) is 9.53 Å². The number of rotatable bonds is 5. The van der Waals surface area contributed by atoms with Crippen molar-refractivity contribution >= 4 is 23.5 Å². The molecule has 1 fully saturated rings. The summed E-state index contributed by atoms with van der Waals surface area (Å²) in [6, 6.07) is 9.87. The van der Waals surface area contributed by atoms with E-state index in [1.165, 1.54) is 6.26 Å². The van der Waals surface area contributed by atoms with Gasteiger partial charge in [-0.05, 0) is 56.2 Å². The maximum Gasteiger partial charge on any atom is 0.310 e. The fourth-order valence-electron chi connectivity index (χ4n) is 3.09. The Morgan fingerprint density at radius 3 is 2.67 bits per heavy atom. The molecule has 1 aliphatic heterocycles. The molecule has 0 unspecified atom stereocenters. The van der Waals surface area contributed by atoms with Crippen LogP contribution in [0.3, 0.4) is 0 Å². The third-order valence-electron chi connectivity index (χ3n) is 4.46. The minimum atomic E-state index is -0.354. The second kappa shape index (κ2) is 8.53. The molecule has 0 saturated carbocycles. The van der Waals surface area contributed by atoms with Crippen LogP contribution < -0.4 is 5.32 Å². The van der Waals surface area contributed by atoms with E-state index in [1.807, 2.05) is 0 Å². The largest absolute Gasteiger partial charge is 0.466 e. The molecule has 0 spiro atoms. The molecular formula is C20H22N2O5. The Bertz CT molecular complexity index is 798. The van der Waals surface area contributed by atoms with Crippen LogP contribution in [0.1, 0.15) is 40.7 Å². The van der Waals surface area contributed by atoms with Crippen molar-refractivity contribution in [3.8, 4) is 0 Å². The molecule has 1 saturated heterocycles. The van der Waals surface area contributed by atoms with E-state index in [1.54, 1.807) is 48.2 Å². The molecule has 1 atom stereocenters. The highest BCUT2D eigenvalue weighted by Gasteiger charge is 2.29. The predicted molar refractivity (Wildman–Crippen MR) is 98.4 cm³/mol. The van der Waals surface area contributed by atoms with E-state index < -0.39 is 0 Å². The molecule has 1 aliphatic rings. The number of hydrogen-bond acceptors (Lipinski definition) is 5. The molecule has 0 bridgehead atoms. The van der Waals surface area contributed by atoms with Gasteiger partial charge in [0, 0.05) is 24.3 Å². The standard InChI is InChI=1S/C20H22N2O5/c1-2-26-20(25)15-5-3-11-22(13-15)19(24)14-7-9-16(10-8-14)21-18(23)17-6-4-12-27-17/h4,6-10,12,15H,2-3,5,11,13H2,1H3,(H,21,23)/t15-/m0/s1. The number of likely N-dealkylation sites (tertiary alicyclic amines) is 1. The summed E-state index contributed by atoms with van der Waals surface area (Å²) in [5.74, 6) is -0.783. The van der Waals surface area contributed by atoms with Gasteiger partial charge in [-0.1, -0.05) is 0 Å². The lowest BCUT2D eigenvalue weighted by molar-refractivity contribution is -0.149. The SMILES string of the molecule is CCOC(=O)[C@H]1CCCN(C(=O)c2ccc(NC(=O)c3ccco3)cc2)C1. The van der Waals surface area contributed by atoms with Gasteiger partial charge in [0.2, 0.25) is 0 Å². The molecule has 142 valence electrons. The van der Waals surface area contributed by atoms with Gasteiger partial charge in [0.25, 0.3) is 11.8 Å². The average molecular weight is 370 g/mol. The first kappa shape index (κ1) is 18.7. The topological polar surface area (TPSA) is 88.9 Å². The summed E-state index contributed by atoms with van der Waals surface area (Å²) in [6.45, 7) is 3.10. The van der Waals surface area contributed by atoms with E-state index >= 15 is 0 Å². The van der Waals surface area contributed by atoms with Crippen molar-refractivity contribution < 1.29 is 23.5 Å². The first-order chi connectivity index (χ1) is 13.1. The van der Waals surface area contributed by atoms with Crippen molar-refractivity contribution in [3.05, 3.63) is 54.0 Å². The number of amides is 2. The van der Waals surface area contributed by atoms with Gasteiger partial charge >= 0.3 is 5.97 Å². The van der Waals surface area contributed by atoms with Crippen LogP contribution in [0.5, 0.6) is 0 Å². The lowest BCUT2D eigenvalue weighted by Crippen LogP contribution is -2.42. The van der Waals surface area contributed by atoms with Gasteiger partial charge in [0.15, 0.2) is 5.76 Å². The van der Waals surface area contributed by atoms with Gasteiger partial charge < -0.3 is 19.4 Å². The highest BCUT2D eigenvalue weighted by Crippen LogP contribution is 2.21. The van der Waals surface area contributed by atoms with Gasteiger partial charge in [-0.2, -0.15) is 0 Å². The molecule has 7 nitrogen and oxygen atoms in total. The quantitative estimate of drug-likeness (QED) is 0.818. The number of furan rings is 1. The molecule has 1 N–H and O–H groups in total. The van der Waals surface area contributed by atoms with Crippen molar-refractivity contribution in [1.29, 1.82) is 0 Å². The van der Waals surface area contributed by atoms with Crippen molar-refractivity contribution in [2.24, 2.45) is 5.92 Å². The third-order valence-corrected chi connectivity index (χ3v) is 4.46. The first-order valence-corrected chi connectivity index (χ1v) is 8.99. The van der Waals surface area contributed by atoms with Crippen molar-refractivity contribution in [1.82, 2.24) is 4.90 Å². The number of piperidine rings is 1. The molecule has 2 aromatic rings. The zero-order valence-electron chi connectivity index (χ0n) is 15.1. The lowest BCUT2D eigenvalue weighted by atomic mass is 9.97. The average Bonchev–Trinajstić information content (AvgIpc) is 3.23. The van der Waals surface area contributed by atoms with E-state index in [2.05, 4.69) is 5.32 Å². The summed E-state index contributed by atoms with van der Waals surface area (Å²) in [5, 5.41) is 2.71. The highest BCUT2D eigenvalue weighted by molar-refractivity contribution is 6.02. The molecule has 0 aliphatic carbocycles. The van der Waals surface area contributed by atoms with Crippen LogP contribution in [-0.4, -0.2) is 42.4 Å². The summed E-state index contributed by atoms with van der Waals surface area (Å²) >= 11 is 0. The number of benzene rings is 1. The molecule has 7 heteroatoms.